The largest absolute Gasteiger partial charge is 0.396 e. The molecule has 0 aliphatic heterocycles. The molecule has 1 unspecified atom stereocenters. The molecule has 0 aliphatic rings. The Morgan fingerprint density at radius 3 is 3.00 bits per heavy atom. The molecule has 1 aromatic rings. The average molecular weight is 269 g/mol. The van der Waals surface area contributed by atoms with E-state index < -0.39 is 0 Å². The standard InChI is InChI=1S/C14H23NO2S/c1-12(10-16)11-18-14-5-3-4-13(8-14)9-15-6-7-17-2/h3-5,8,12,15-16H,6-7,9-11H2,1-2H3. The first-order chi connectivity index (χ1) is 8.76. The normalized spacial score (nSPS) is 12.6. The lowest BCUT2D eigenvalue weighted by Crippen LogP contribution is -2.18. The van der Waals surface area contributed by atoms with Crippen LogP contribution in [0.1, 0.15) is 12.5 Å². The van der Waals surface area contributed by atoms with Crippen molar-refractivity contribution < 1.29 is 9.84 Å². The van der Waals surface area contributed by atoms with Crippen molar-refractivity contribution in [2.24, 2.45) is 5.92 Å². The van der Waals surface area contributed by atoms with E-state index in [0.717, 1.165) is 25.4 Å². The fourth-order valence-electron chi connectivity index (χ4n) is 1.44. The molecule has 1 aromatic carbocycles. The van der Waals surface area contributed by atoms with Crippen LogP contribution >= 0.6 is 11.8 Å². The highest BCUT2D eigenvalue weighted by atomic mass is 32.2. The molecule has 1 atom stereocenters. The summed E-state index contributed by atoms with van der Waals surface area (Å²) in [6.45, 7) is 4.79. The second-order valence-corrected chi connectivity index (χ2v) is 5.51. The van der Waals surface area contributed by atoms with Gasteiger partial charge in [-0.1, -0.05) is 19.1 Å². The van der Waals surface area contributed by atoms with Gasteiger partial charge in [-0.2, -0.15) is 0 Å². The van der Waals surface area contributed by atoms with Gasteiger partial charge in [-0.3, -0.25) is 0 Å². The Bertz CT molecular complexity index is 333. The first-order valence-electron chi connectivity index (χ1n) is 6.28. The molecule has 0 aliphatic carbocycles. The SMILES string of the molecule is COCCNCc1cccc(SCC(C)CO)c1. The molecule has 0 amide bonds. The maximum Gasteiger partial charge on any atom is 0.0587 e. The van der Waals surface area contributed by atoms with Crippen molar-refractivity contribution in [1.29, 1.82) is 0 Å². The van der Waals surface area contributed by atoms with Gasteiger partial charge in [0.05, 0.1) is 6.61 Å². The summed E-state index contributed by atoms with van der Waals surface area (Å²) in [5.74, 6) is 1.30. The predicted molar refractivity (Wildman–Crippen MR) is 77.0 cm³/mol. The fraction of sp³-hybridized carbons (Fsp3) is 0.571. The predicted octanol–water partition coefficient (Wildman–Crippen LogP) is 2.14. The average Bonchev–Trinajstić information content (AvgIpc) is 2.41. The fourth-order valence-corrected chi connectivity index (χ4v) is 2.44. The minimum Gasteiger partial charge on any atom is -0.396 e. The molecule has 0 radical (unpaired) electrons. The first kappa shape index (κ1) is 15.5. The Hall–Kier alpha value is -0.550. The van der Waals surface area contributed by atoms with Crippen molar-refractivity contribution in [2.75, 3.05) is 32.6 Å². The summed E-state index contributed by atoms with van der Waals surface area (Å²) < 4.78 is 4.99. The van der Waals surface area contributed by atoms with Gasteiger partial charge in [0.15, 0.2) is 0 Å². The zero-order chi connectivity index (χ0) is 13.2. The van der Waals surface area contributed by atoms with E-state index in [9.17, 15) is 0 Å². The number of hydrogen-bond donors (Lipinski definition) is 2. The van der Waals surface area contributed by atoms with Crippen LogP contribution in [0.4, 0.5) is 0 Å². The van der Waals surface area contributed by atoms with Crippen LogP contribution in [-0.2, 0) is 11.3 Å². The summed E-state index contributed by atoms with van der Waals surface area (Å²) in [6.07, 6.45) is 0. The lowest BCUT2D eigenvalue weighted by molar-refractivity contribution is 0.199. The quantitative estimate of drug-likeness (QED) is 0.532. The molecule has 3 nitrogen and oxygen atoms in total. The number of hydrogen-bond acceptors (Lipinski definition) is 4. The van der Waals surface area contributed by atoms with Gasteiger partial charge in [-0.25, -0.2) is 0 Å². The van der Waals surface area contributed by atoms with Gasteiger partial charge in [0.1, 0.15) is 0 Å². The molecule has 1 rings (SSSR count). The first-order valence-corrected chi connectivity index (χ1v) is 7.27. The molecule has 0 bridgehead atoms. The number of ether oxygens (including phenoxy) is 1. The van der Waals surface area contributed by atoms with E-state index >= 15 is 0 Å². The van der Waals surface area contributed by atoms with E-state index in [1.807, 2.05) is 0 Å². The van der Waals surface area contributed by atoms with Crippen LogP contribution in [0.25, 0.3) is 0 Å². The number of methoxy groups -OCH3 is 1. The number of rotatable bonds is 9. The second-order valence-electron chi connectivity index (χ2n) is 4.42. The Morgan fingerprint density at radius 2 is 2.28 bits per heavy atom. The molecule has 18 heavy (non-hydrogen) atoms. The van der Waals surface area contributed by atoms with E-state index in [1.165, 1.54) is 10.5 Å². The van der Waals surface area contributed by atoms with Gasteiger partial charge >= 0.3 is 0 Å². The van der Waals surface area contributed by atoms with Crippen LogP contribution in [0.2, 0.25) is 0 Å². The Morgan fingerprint density at radius 1 is 1.44 bits per heavy atom. The third kappa shape index (κ3) is 6.40. The highest BCUT2D eigenvalue weighted by molar-refractivity contribution is 7.99. The van der Waals surface area contributed by atoms with Crippen LogP contribution in [-0.4, -0.2) is 37.7 Å². The van der Waals surface area contributed by atoms with Gasteiger partial charge in [-0.05, 0) is 23.6 Å². The van der Waals surface area contributed by atoms with E-state index in [2.05, 4.69) is 36.5 Å². The van der Waals surface area contributed by atoms with E-state index in [4.69, 9.17) is 9.84 Å². The van der Waals surface area contributed by atoms with Gasteiger partial charge in [0.25, 0.3) is 0 Å². The van der Waals surface area contributed by atoms with Crippen molar-refractivity contribution in [3.63, 3.8) is 0 Å². The molecule has 2 N–H and O–H groups in total. The number of aliphatic hydroxyl groups is 1. The zero-order valence-electron chi connectivity index (χ0n) is 11.2. The highest BCUT2D eigenvalue weighted by Gasteiger charge is 2.02. The Kier molecular flexibility index (Phi) is 8.09. The van der Waals surface area contributed by atoms with Crippen LogP contribution in [0.15, 0.2) is 29.2 Å². The van der Waals surface area contributed by atoms with Crippen LogP contribution in [0.5, 0.6) is 0 Å². The summed E-state index contributed by atoms with van der Waals surface area (Å²) in [4.78, 5) is 1.27. The van der Waals surface area contributed by atoms with Crippen molar-refractivity contribution >= 4 is 11.8 Å². The summed E-state index contributed by atoms with van der Waals surface area (Å²) >= 11 is 1.80. The molecule has 0 heterocycles. The molecule has 0 saturated heterocycles. The topological polar surface area (TPSA) is 41.5 Å². The number of nitrogens with one attached hydrogen (secondary N) is 1. The minimum absolute atomic E-state index is 0.255. The molecule has 0 saturated carbocycles. The molecule has 0 fully saturated rings. The summed E-state index contributed by atoms with van der Waals surface area (Å²) in [7, 11) is 1.71. The monoisotopic (exact) mass is 269 g/mol. The van der Waals surface area contributed by atoms with E-state index in [1.54, 1.807) is 18.9 Å². The van der Waals surface area contributed by atoms with Crippen molar-refractivity contribution in [3.05, 3.63) is 29.8 Å². The Labute approximate surface area is 114 Å². The minimum atomic E-state index is 0.255. The van der Waals surface area contributed by atoms with Gasteiger partial charge in [0, 0.05) is 37.5 Å². The summed E-state index contributed by atoms with van der Waals surface area (Å²) in [5.41, 5.74) is 1.28. The third-order valence-corrected chi connectivity index (χ3v) is 3.88. The lowest BCUT2D eigenvalue weighted by Gasteiger charge is -2.09. The lowest BCUT2D eigenvalue weighted by atomic mass is 10.2. The van der Waals surface area contributed by atoms with Crippen molar-refractivity contribution in [2.45, 2.75) is 18.4 Å². The van der Waals surface area contributed by atoms with Crippen molar-refractivity contribution in [1.82, 2.24) is 5.32 Å². The van der Waals surface area contributed by atoms with Gasteiger partial charge < -0.3 is 15.2 Å². The smallest absolute Gasteiger partial charge is 0.0587 e. The summed E-state index contributed by atoms with van der Waals surface area (Å²) in [6, 6.07) is 8.53. The van der Waals surface area contributed by atoms with Crippen molar-refractivity contribution in [3.8, 4) is 0 Å². The zero-order valence-corrected chi connectivity index (χ0v) is 12.0. The molecule has 4 heteroatoms. The number of thioether (sulfide) groups is 1. The van der Waals surface area contributed by atoms with E-state index in [0.29, 0.717) is 5.92 Å². The molecular formula is C14H23NO2S. The maximum absolute atomic E-state index is 9.00. The molecular weight excluding hydrogens is 246 g/mol. The number of benzene rings is 1. The van der Waals surface area contributed by atoms with Gasteiger partial charge in [-0.15, -0.1) is 11.8 Å². The second kappa shape index (κ2) is 9.39. The molecule has 102 valence electrons. The Balaban J connectivity index is 2.36. The van der Waals surface area contributed by atoms with Gasteiger partial charge in [0.2, 0.25) is 0 Å². The maximum atomic E-state index is 9.00. The van der Waals surface area contributed by atoms with E-state index in [-0.39, 0.29) is 6.61 Å². The van der Waals surface area contributed by atoms with Crippen LogP contribution < -0.4 is 5.32 Å². The highest BCUT2D eigenvalue weighted by Crippen LogP contribution is 2.21. The number of aliphatic hydroxyl groups excluding tert-OH is 1. The molecule has 0 aromatic heterocycles. The van der Waals surface area contributed by atoms with Crippen LogP contribution in [0, 0.1) is 5.92 Å². The summed E-state index contributed by atoms with van der Waals surface area (Å²) in [5, 5.41) is 12.3. The molecule has 0 spiro atoms. The third-order valence-electron chi connectivity index (χ3n) is 2.56. The van der Waals surface area contributed by atoms with Crippen LogP contribution in [0.3, 0.4) is 0 Å².